The first-order valence-electron chi connectivity index (χ1n) is 5.57. The Balaban J connectivity index is 2.22. The minimum Gasteiger partial charge on any atom is -0.355 e. The van der Waals surface area contributed by atoms with E-state index in [1.165, 1.54) is 0 Å². The molecule has 0 saturated carbocycles. The van der Waals surface area contributed by atoms with E-state index in [0.717, 1.165) is 24.5 Å². The van der Waals surface area contributed by atoms with Gasteiger partial charge in [0.2, 0.25) is 0 Å². The molecule has 2 heterocycles. The fraction of sp³-hybridized carbons (Fsp3) is 0.583. The van der Waals surface area contributed by atoms with Gasteiger partial charge in [-0.1, -0.05) is 25.4 Å². The molecule has 0 bridgehead atoms. The summed E-state index contributed by atoms with van der Waals surface area (Å²) in [5.41, 5.74) is 0.968. The maximum Gasteiger partial charge on any atom is 0.147 e. The number of aromatic nitrogens is 1. The first kappa shape index (κ1) is 12.0. The van der Waals surface area contributed by atoms with E-state index in [4.69, 9.17) is 23.2 Å². The van der Waals surface area contributed by atoms with Crippen LogP contribution in [-0.4, -0.2) is 18.1 Å². The molecule has 0 radical (unpaired) electrons. The second kappa shape index (κ2) is 4.80. The Morgan fingerprint density at radius 1 is 1.38 bits per heavy atom. The third kappa shape index (κ3) is 2.28. The van der Waals surface area contributed by atoms with Crippen molar-refractivity contribution < 1.29 is 0 Å². The zero-order valence-electron chi connectivity index (χ0n) is 9.58. The Kier molecular flexibility index (Phi) is 3.60. The molecule has 1 saturated heterocycles. The zero-order valence-corrected chi connectivity index (χ0v) is 11.1. The summed E-state index contributed by atoms with van der Waals surface area (Å²) in [6, 6.07) is 1.91. The molecule has 1 fully saturated rings. The first-order valence-corrected chi connectivity index (χ1v) is 6.48. The molecule has 0 amide bonds. The van der Waals surface area contributed by atoms with Crippen LogP contribution in [0.25, 0.3) is 0 Å². The van der Waals surface area contributed by atoms with Crippen LogP contribution in [0, 0.1) is 11.8 Å². The largest absolute Gasteiger partial charge is 0.355 e. The molecular weight excluding hydrogens is 243 g/mol. The first-order chi connectivity index (χ1) is 7.61. The maximum atomic E-state index is 6.22. The van der Waals surface area contributed by atoms with Gasteiger partial charge in [-0.25, -0.2) is 4.98 Å². The van der Waals surface area contributed by atoms with Gasteiger partial charge in [-0.15, -0.1) is 11.6 Å². The van der Waals surface area contributed by atoms with Crippen LogP contribution in [0.15, 0.2) is 12.3 Å². The molecule has 1 aromatic heterocycles. The highest BCUT2D eigenvalue weighted by Gasteiger charge is 2.27. The van der Waals surface area contributed by atoms with Gasteiger partial charge >= 0.3 is 0 Å². The van der Waals surface area contributed by atoms with Crippen molar-refractivity contribution in [3.05, 3.63) is 22.8 Å². The molecule has 0 aliphatic carbocycles. The van der Waals surface area contributed by atoms with E-state index >= 15 is 0 Å². The molecule has 1 aliphatic heterocycles. The monoisotopic (exact) mass is 258 g/mol. The molecule has 2 atom stereocenters. The van der Waals surface area contributed by atoms with E-state index in [2.05, 4.69) is 23.7 Å². The second-order valence-corrected chi connectivity index (χ2v) is 5.32. The predicted octanol–water partition coefficient (Wildman–Crippen LogP) is 3.57. The van der Waals surface area contributed by atoms with E-state index in [1.54, 1.807) is 0 Å². The molecule has 16 heavy (non-hydrogen) atoms. The van der Waals surface area contributed by atoms with Gasteiger partial charge in [0.25, 0.3) is 0 Å². The van der Waals surface area contributed by atoms with E-state index in [9.17, 15) is 0 Å². The Morgan fingerprint density at radius 2 is 2.00 bits per heavy atom. The quantitative estimate of drug-likeness (QED) is 0.755. The van der Waals surface area contributed by atoms with E-state index in [1.807, 2.05) is 12.3 Å². The van der Waals surface area contributed by atoms with Crippen molar-refractivity contribution >= 4 is 29.0 Å². The summed E-state index contributed by atoms with van der Waals surface area (Å²) in [7, 11) is 0. The standard InChI is InChI=1S/C12H16Cl2N2/c1-8-6-16(7-9(8)2)12-11(14)3-10(4-13)5-15-12/h3,5,8-9H,4,6-7H2,1-2H3. The normalized spacial score (nSPS) is 25.1. The summed E-state index contributed by atoms with van der Waals surface area (Å²) < 4.78 is 0. The van der Waals surface area contributed by atoms with Crippen molar-refractivity contribution in [3.8, 4) is 0 Å². The number of hydrogen-bond acceptors (Lipinski definition) is 2. The lowest BCUT2D eigenvalue weighted by Crippen LogP contribution is -2.21. The minimum absolute atomic E-state index is 0.458. The van der Waals surface area contributed by atoms with E-state index in [-0.39, 0.29) is 0 Å². The fourth-order valence-corrected chi connectivity index (χ4v) is 2.53. The van der Waals surface area contributed by atoms with Gasteiger partial charge in [0, 0.05) is 25.2 Å². The van der Waals surface area contributed by atoms with Crippen LogP contribution in [-0.2, 0) is 5.88 Å². The van der Waals surface area contributed by atoms with Crippen LogP contribution in [0.3, 0.4) is 0 Å². The average molecular weight is 259 g/mol. The van der Waals surface area contributed by atoms with Gasteiger partial charge in [0.1, 0.15) is 5.82 Å². The van der Waals surface area contributed by atoms with Crippen LogP contribution in [0.4, 0.5) is 5.82 Å². The Labute approximate surface area is 107 Å². The summed E-state index contributed by atoms with van der Waals surface area (Å²) >= 11 is 12.0. The van der Waals surface area contributed by atoms with E-state index < -0.39 is 0 Å². The molecule has 88 valence electrons. The molecule has 1 aliphatic rings. The third-order valence-electron chi connectivity index (χ3n) is 3.32. The van der Waals surface area contributed by atoms with Crippen molar-refractivity contribution in [2.45, 2.75) is 19.7 Å². The molecule has 2 rings (SSSR count). The highest BCUT2D eigenvalue weighted by atomic mass is 35.5. The molecule has 2 unspecified atom stereocenters. The van der Waals surface area contributed by atoms with Crippen molar-refractivity contribution in [3.63, 3.8) is 0 Å². The highest BCUT2D eigenvalue weighted by Crippen LogP contribution is 2.31. The molecular formula is C12H16Cl2N2. The molecule has 4 heteroatoms. The highest BCUT2D eigenvalue weighted by molar-refractivity contribution is 6.33. The van der Waals surface area contributed by atoms with Crippen LogP contribution >= 0.6 is 23.2 Å². The van der Waals surface area contributed by atoms with Gasteiger partial charge in [-0.05, 0) is 23.5 Å². The predicted molar refractivity (Wildman–Crippen MR) is 69.3 cm³/mol. The Morgan fingerprint density at radius 3 is 2.50 bits per heavy atom. The summed E-state index contributed by atoms with van der Waals surface area (Å²) in [6.07, 6.45) is 1.81. The summed E-state index contributed by atoms with van der Waals surface area (Å²) in [4.78, 5) is 6.67. The lowest BCUT2D eigenvalue weighted by molar-refractivity contribution is 0.494. The number of alkyl halides is 1. The lowest BCUT2D eigenvalue weighted by Gasteiger charge is -2.18. The third-order valence-corrected chi connectivity index (χ3v) is 3.91. The van der Waals surface area contributed by atoms with Crippen molar-refractivity contribution in [1.29, 1.82) is 0 Å². The summed E-state index contributed by atoms with van der Waals surface area (Å²) in [5.74, 6) is 2.75. The average Bonchev–Trinajstić information content (AvgIpc) is 2.58. The van der Waals surface area contributed by atoms with Gasteiger partial charge in [-0.3, -0.25) is 0 Å². The number of anilines is 1. The number of rotatable bonds is 2. The number of nitrogens with zero attached hydrogens (tertiary/aromatic N) is 2. The van der Waals surface area contributed by atoms with Gasteiger partial charge in [0.05, 0.1) is 5.02 Å². The Bertz CT molecular complexity index is 371. The zero-order chi connectivity index (χ0) is 11.7. The van der Waals surface area contributed by atoms with Gasteiger partial charge in [0.15, 0.2) is 0 Å². The molecule has 0 spiro atoms. The van der Waals surface area contributed by atoms with Crippen LogP contribution in [0.5, 0.6) is 0 Å². The second-order valence-electron chi connectivity index (χ2n) is 4.64. The fourth-order valence-electron chi connectivity index (χ4n) is 2.08. The topological polar surface area (TPSA) is 16.1 Å². The number of pyridine rings is 1. The van der Waals surface area contributed by atoms with E-state index in [0.29, 0.717) is 22.7 Å². The minimum atomic E-state index is 0.458. The summed E-state index contributed by atoms with van der Waals surface area (Å²) in [5, 5.41) is 0.708. The SMILES string of the molecule is CC1CN(c2ncc(CCl)cc2Cl)CC1C. The lowest BCUT2D eigenvalue weighted by atomic mass is 10.0. The van der Waals surface area contributed by atoms with Gasteiger partial charge < -0.3 is 4.90 Å². The van der Waals surface area contributed by atoms with Crippen molar-refractivity contribution in [2.75, 3.05) is 18.0 Å². The van der Waals surface area contributed by atoms with Crippen molar-refractivity contribution in [1.82, 2.24) is 4.98 Å². The van der Waals surface area contributed by atoms with Crippen LogP contribution in [0.1, 0.15) is 19.4 Å². The smallest absolute Gasteiger partial charge is 0.147 e. The van der Waals surface area contributed by atoms with Crippen molar-refractivity contribution in [2.24, 2.45) is 11.8 Å². The Hall–Kier alpha value is -0.470. The van der Waals surface area contributed by atoms with Crippen LogP contribution in [0.2, 0.25) is 5.02 Å². The molecule has 0 N–H and O–H groups in total. The molecule has 0 aromatic carbocycles. The van der Waals surface area contributed by atoms with Crippen LogP contribution < -0.4 is 4.90 Å². The maximum absolute atomic E-state index is 6.22. The molecule has 1 aromatic rings. The molecule has 2 nitrogen and oxygen atoms in total. The summed E-state index contributed by atoms with van der Waals surface area (Å²) in [6.45, 7) is 6.61. The number of hydrogen-bond donors (Lipinski definition) is 0. The van der Waals surface area contributed by atoms with Gasteiger partial charge in [-0.2, -0.15) is 0 Å². The number of halogens is 2.